The molecule has 0 atom stereocenters. The van der Waals surface area contributed by atoms with Crippen molar-refractivity contribution in [3.05, 3.63) is 27.2 Å². The third kappa shape index (κ3) is 2.66. The van der Waals surface area contributed by atoms with Gasteiger partial charge in [0.25, 0.3) is 0 Å². The Morgan fingerprint density at radius 3 is 2.20 bits per heavy atom. The summed E-state index contributed by atoms with van der Waals surface area (Å²) in [6.45, 7) is 0. The molecule has 2 nitrogen and oxygen atoms in total. The number of rotatable bonds is 1. The van der Waals surface area contributed by atoms with E-state index in [9.17, 15) is 13.2 Å². The van der Waals surface area contributed by atoms with Crippen LogP contribution in [0.3, 0.4) is 0 Å². The fourth-order valence-corrected chi connectivity index (χ4v) is 2.04. The summed E-state index contributed by atoms with van der Waals surface area (Å²) in [5.41, 5.74) is -1.50. The summed E-state index contributed by atoms with van der Waals surface area (Å²) in [5, 5.41) is 17.0. The molecule has 15 heavy (non-hydrogen) atoms. The molecule has 0 spiro atoms. The molecule has 8 heteroatoms. The molecule has 0 aliphatic carbocycles. The first-order valence-electron chi connectivity index (χ1n) is 3.66. The van der Waals surface area contributed by atoms with E-state index in [1.807, 2.05) is 0 Å². The highest BCUT2D eigenvalue weighted by atomic mass is 79.9. The van der Waals surface area contributed by atoms with E-state index < -0.39 is 29.3 Å². The van der Waals surface area contributed by atoms with Crippen molar-refractivity contribution < 1.29 is 23.2 Å². The molecule has 1 aromatic rings. The lowest BCUT2D eigenvalue weighted by atomic mass is 9.79. The zero-order valence-corrected chi connectivity index (χ0v) is 9.36. The van der Waals surface area contributed by atoms with Gasteiger partial charge in [-0.15, -0.1) is 0 Å². The summed E-state index contributed by atoms with van der Waals surface area (Å²) in [5.74, 6) is 0. The van der Waals surface area contributed by atoms with Gasteiger partial charge in [-0.2, -0.15) is 13.2 Å². The highest BCUT2D eigenvalue weighted by Crippen LogP contribution is 2.34. The molecule has 1 aromatic carbocycles. The quantitative estimate of drug-likeness (QED) is 0.777. The van der Waals surface area contributed by atoms with Crippen LogP contribution in [0.2, 0.25) is 5.02 Å². The van der Waals surface area contributed by atoms with Crippen molar-refractivity contribution in [2.75, 3.05) is 0 Å². The molecule has 0 saturated heterocycles. The van der Waals surface area contributed by atoms with E-state index in [1.165, 1.54) is 0 Å². The predicted octanol–water partition coefficient (Wildman–Crippen LogP) is 1.80. The lowest BCUT2D eigenvalue weighted by Gasteiger charge is -2.13. The van der Waals surface area contributed by atoms with E-state index in [1.54, 1.807) is 0 Å². The zero-order chi connectivity index (χ0) is 11.8. The van der Waals surface area contributed by atoms with Crippen molar-refractivity contribution >= 4 is 40.1 Å². The van der Waals surface area contributed by atoms with E-state index in [4.69, 9.17) is 21.6 Å². The van der Waals surface area contributed by atoms with Crippen LogP contribution in [0.1, 0.15) is 5.56 Å². The largest absolute Gasteiger partial charge is 0.491 e. The Kier molecular flexibility index (Phi) is 3.70. The van der Waals surface area contributed by atoms with Gasteiger partial charge in [0.1, 0.15) is 0 Å². The normalized spacial score (nSPS) is 11.7. The Bertz CT molecular complexity index is 383. The maximum Gasteiger partial charge on any atom is 0.491 e. The summed E-state index contributed by atoms with van der Waals surface area (Å²) in [7, 11) is -2.06. The van der Waals surface area contributed by atoms with Crippen LogP contribution in [0.4, 0.5) is 13.2 Å². The number of hydrogen-bond donors (Lipinski definition) is 2. The van der Waals surface area contributed by atoms with Crippen molar-refractivity contribution in [3.63, 3.8) is 0 Å². The van der Waals surface area contributed by atoms with Gasteiger partial charge < -0.3 is 10.0 Å². The molecule has 0 saturated carbocycles. The molecule has 0 fully saturated rings. The maximum atomic E-state index is 12.4. The molecule has 0 aliphatic rings. The van der Waals surface area contributed by atoms with Crippen LogP contribution in [-0.2, 0) is 6.18 Å². The van der Waals surface area contributed by atoms with E-state index in [-0.39, 0.29) is 4.47 Å². The SMILES string of the molecule is OB(O)c1c(Br)ccc(C(F)(F)F)c1Cl. The molecule has 0 bridgehead atoms. The second-order valence-electron chi connectivity index (χ2n) is 2.69. The summed E-state index contributed by atoms with van der Waals surface area (Å²) in [6.07, 6.45) is -4.62. The molecule has 82 valence electrons. The van der Waals surface area contributed by atoms with Gasteiger partial charge in [-0.25, -0.2) is 0 Å². The second kappa shape index (κ2) is 4.33. The van der Waals surface area contributed by atoms with E-state index in [0.29, 0.717) is 0 Å². The summed E-state index contributed by atoms with van der Waals surface area (Å²) in [4.78, 5) is 0. The van der Waals surface area contributed by atoms with E-state index in [2.05, 4.69) is 15.9 Å². The molecule has 0 heterocycles. The Balaban J connectivity index is 3.42. The van der Waals surface area contributed by atoms with Crippen LogP contribution in [0.25, 0.3) is 0 Å². The third-order valence-corrected chi connectivity index (χ3v) is 2.79. The Morgan fingerprint density at radius 1 is 1.27 bits per heavy atom. The standard InChI is InChI=1S/C7H4BBrClF3O2/c9-4-2-1-3(7(11,12)13)6(10)5(4)8(14)15/h1-2,14-15H. The van der Waals surface area contributed by atoms with Gasteiger partial charge in [0.2, 0.25) is 0 Å². The first-order chi connectivity index (χ1) is 6.75. The molecule has 2 N–H and O–H groups in total. The van der Waals surface area contributed by atoms with Crippen molar-refractivity contribution in [2.24, 2.45) is 0 Å². The van der Waals surface area contributed by atoms with E-state index >= 15 is 0 Å². The Morgan fingerprint density at radius 2 is 1.80 bits per heavy atom. The number of benzene rings is 1. The predicted molar refractivity (Wildman–Crippen MR) is 54.0 cm³/mol. The van der Waals surface area contributed by atoms with Gasteiger partial charge >= 0.3 is 13.3 Å². The monoisotopic (exact) mass is 302 g/mol. The Labute approximate surface area is 96.9 Å². The topological polar surface area (TPSA) is 40.5 Å². The minimum Gasteiger partial charge on any atom is -0.423 e. The average Bonchev–Trinajstić information content (AvgIpc) is 2.00. The first-order valence-corrected chi connectivity index (χ1v) is 4.83. The lowest BCUT2D eigenvalue weighted by Crippen LogP contribution is -2.33. The molecule has 0 aliphatic heterocycles. The smallest absolute Gasteiger partial charge is 0.423 e. The molecular formula is C7H4BBrClF3O2. The summed E-state index contributed by atoms with van der Waals surface area (Å²) in [6, 6.07) is 1.82. The molecule has 0 amide bonds. The van der Waals surface area contributed by atoms with Crippen molar-refractivity contribution in [1.82, 2.24) is 0 Å². The summed E-state index contributed by atoms with van der Waals surface area (Å²) < 4.78 is 37.2. The molecule has 1 rings (SSSR count). The van der Waals surface area contributed by atoms with Crippen LogP contribution in [-0.4, -0.2) is 17.2 Å². The minimum atomic E-state index is -4.62. The highest BCUT2D eigenvalue weighted by Gasteiger charge is 2.36. The van der Waals surface area contributed by atoms with Crippen molar-refractivity contribution in [2.45, 2.75) is 6.18 Å². The number of halogens is 5. The van der Waals surface area contributed by atoms with Gasteiger partial charge in [-0.05, 0) is 12.1 Å². The van der Waals surface area contributed by atoms with Crippen LogP contribution in [0, 0.1) is 0 Å². The third-order valence-electron chi connectivity index (χ3n) is 1.69. The fourth-order valence-electron chi connectivity index (χ4n) is 1.02. The van der Waals surface area contributed by atoms with Crippen LogP contribution in [0.15, 0.2) is 16.6 Å². The van der Waals surface area contributed by atoms with Crippen LogP contribution >= 0.6 is 27.5 Å². The van der Waals surface area contributed by atoms with Crippen LogP contribution in [0.5, 0.6) is 0 Å². The lowest BCUT2D eigenvalue weighted by molar-refractivity contribution is -0.137. The van der Waals surface area contributed by atoms with Gasteiger partial charge in [-0.3, -0.25) is 0 Å². The average molecular weight is 303 g/mol. The number of hydrogen-bond acceptors (Lipinski definition) is 2. The summed E-state index contributed by atoms with van der Waals surface area (Å²) >= 11 is 8.30. The van der Waals surface area contributed by atoms with Gasteiger partial charge in [0, 0.05) is 9.94 Å². The maximum absolute atomic E-state index is 12.4. The fraction of sp³-hybridized carbons (Fsp3) is 0.143. The first kappa shape index (κ1) is 12.8. The van der Waals surface area contributed by atoms with Crippen LogP contribution < -0.4 is 5.46 Å². The van der Waals surface area contributed by atoms with Crippen molar-refractivity contribution in [1.29, 1.82) is 0 Å². The Hall–Kier alpha value is -0.235. The molecule has 0 unspecified atom stereocenters. The van der Waals surface area contributed by atoms with Gasteiger partial charge in [0.05, 0.1) is 10.6 Å². The highest BCUT2D eigenvalue weighted by molar-refractivity contribution is 9.10. The zero-order valence-electron chi connectivity index (χ0n) is 7.02. The number of alkyl halides is 3. The van der Waals surface area contributed by atoms with Gasteiger partial charge in [-0.1, -0.05) is 27.5 Å². The molecule has 0 radical (unpaired) electrons. The van der Waals surface area contributed by atoms with Gasteiger partial charge in [0.15, 0.2) is 0 Å². The van der Waals surface area contributed by atoms with E-state index in [0.717, 1.165) is 12.1 Å². The molecular weight excluding hydrogens is 299 g/mol. The minimum absolute atomic E-state index is 0.107. The molecule has 0 aromatic heterocycles. The van der Waals surface area contributed by atoms with Crippen molar-refractivity contribution in [3.8, 4) is 0 Å². The second-order valence-corrected chi connectivity index (χ2v) is 3.93.